The van der Waals surface area contributed by atoms with Crippen molar-refractivity contribution in [2.45, 2.75) is 51.9 Å². The molecule has 0 radical (unpaired) electrons. The van der Waals surface area contributed by atoms with Gasteiger partial charge in [-0.2, -0.15) is 0 Å². The summed E-state index contributed by atoms with van der Waals surface area (Å²) in [6.45, 7) is 11.1. The maximum absolute atomic E-state index is 2.46. The van der Waals surface area contributed by atoms with Crippen LogP contribution in [0.25, 0.3) is 61.4 Å². The highest BCUT2D eigenvalue weighted by atomic mass is 14.4. The first-order chi connectivity index (χ1) is 24.0. The van der Waals surface area contributed by atoms with Crippen LogP contribution in [0.5, 0.6) is 0 Å². The van der Waals surface area contributed by atoms with Gasteiger partial charge in [0.1, 0.15) is 0 Å². The molecule has 0 nitrogen and oxygen atoms in total. The number of benzene rings is 6. The first kappa shape index (κ1) is 29.9. The standard InChI is InChI=1S/C47H36.C2H6/c1-28-35-9-6-7-11-37(35)39-21-16-32(24-43(28)39)34-18-23-42-41-22-17-33(26-45(41)47(2,3)46(42)27-34)31-13-12-30-15-19-38-36-10-5-4-8-29(36)14-20-40(38)44(30)25-31;1-2/h4-29,36H,1-3H3;1-2H3. The van der Waals surface area contributed by atoms with Crippen molar-refractivity contribution >= 4 is 16.8 Å². The lowest BCUT2D eigenvalue weighted by Crippen LogP contribution is -2.15. The van der Waals surface area contributed by atoms with Crippen molar-refractivity contribution in [1.82, 2.24) is 0 Å². The lowest BCUT2D eigenvalue weighted by molar-refractivity contribution is 0.661. The first-order valence-corrected chi connectivity index (χ1v) is 18.1. The van der Waals surface area contributed by atoms with E-state index in [-0.39, 0.29) is 5.41 Å². The van der Waals surface area contributed by atoms with E-state index in [1.54, 1.807) is 0 Å². The molecule has 4 aliphatic rings. The molecular weight excluding hydrogens is 589 g/mol. The molecule has 0 fully saturated rings. The Labute approximate surface area is 291 Å². The summed E-state index contributed by atoms with van der Waals surface area (Å²) in [7, 11) is 0. The van der Waals surface area contributed by atoms with Crippen LogP contribution in [0.15, 0.2) is 140 Å². The van der Waals surface area contributed by atoms with Gasteiger partial charge in [0.05, 0.1) is 0 Å². The van der Waals surface area contributed by atoms with E-state index in [1.807, 2.05) is 13.8 Å². The van der Waals surface area contributed by atoms with Crippen molar-refractivity contribution in [1.29, 1.82) is 0 Å². The normalized spacial score (nSPS) is 19.7. The minimum atomic E-state index is -0.0917. The zero-order valence-corrected chi connectivity index (χ0v) is 29.1. The molecule has 3 unspecified atom stereocenters. The number of rotatable bonds is 2. The third-order valence-electron chi connectivity index (χ3n) is 11.7. The van der Waals surface area contributed by atoms with Crippen molar-refractivity contribution in [3.8, 4) is 44.5 Å². The van der Waals surface area contributed by atoms with Crippen LogP contribution < -0.4 is 0 Å². The lowest BCUT2D eigenvalue weighted by Gasteiger charge is -2.28. The quantitative estimate of drug-likeness (QED) is 0.179. The van der Waals surface area contributed by atoms with Crippen LogP contribution in [0, 0.1) is 5.92 Å². The SMILES string of the molecule is CC.CC1c2ccccc2-c2ccc(-c3ccc4c(c3)C(C)(C)c3cc(-c5ccc6ccc7c(c6c5)C=CC5C=CC=CC75)ccc3-4)cc21. The van der Waals surface area contributed by atoms with Crippen molar-refractivity contribution in [3.63, 3.8) is 0 Å². The minimum absolute atomic E-state index is 0.0917. The van der Waals surface area contributed by atoms with Crippen LogP contribution in [-0.2, 0) is 5.41 Å². The van der Waals surface area contributed by atoms with Crippen molar-refractivity contribution < 1.29 is 0 Å². The highest BCUT2D eigenvalue weighted by molar-refractivity contribution is 5.96. The topological polar surface area (TPSA) is 0 Å². The van der Waals surface area contributed by atoms with Crippen molar-refractivity contribution in [2.75, 3.05) is 0 Å². The van der Waals surface area contributed by atoms with Gasteiger partial charge in [-0.15, -0.1) is 0 Å². The second kappa shape index (κ2) is 11.2. The molecule has 3 atom stereocenters. The Morgan fingerprint density at radius 3 is 1.86 bits per heavy atom. The third kappa shape index (κ3) is 4.43. The van der Waals surface area contributed by atoms with Crippen LogP contribution in [-0.4, -0.2) is 0 Å². The van der Waals surface area contributed by atoms with E-state index in [4.69, 9.17) is 0 Å². The Balaban J connectivity index is 0.00000160. The van der Waals surface area contributed by atoms with E-state index in [0.717, 1.165) is 0 Å². The fourth-order valence-corrected chi connectivity index (χ4v) is 9.07. The predicted molar refractivity (Wildman–Crippen MR) is 210 cm³/mol. The summed E-state index contributed by atoms with van der Waals surface area (Å²) in [5, 5.41) is 2.65. The molecule has 0 aromatic heterocycles. The predicted octanol–water partition coefficient (Wildman–Crippen LogP) is 13.5. The van der Waals surface area contributed by atoms with Crippen LogP contribution in [0.2, 0.25) is 0 Å². The van der Waals surface area contributed by atoms with Gasteiger partial charge in [0.15, 0.2) is 0 Å². The van der Waals surface area contributed by atoms with Gasteiger partial charge < -0.3 is 0 Å². The fourth-order valence-electron chi connectivity index (χ4n) is 9.07. The smallest absolute Gasteiger partial charge is 0.0159 e. The Morgan fingerprint density at radius 2 is 1.10 bits per heavy atom. The molecule has 6 aromatic carbocycles. The van der Waals surface area contributed by atoms with E-state index in [2.05, 4.69) is 166 Å². The van der Waals surface area contributed by atoms with E-state index >= 15 is 0 Å². The second-order valence-electron chi connectivity index (χ2n) is 14.5. The Bertz CT molecular complexity index is 2410. The highest BCUT2D eigenvalue weighted by Crippen LogP contribution is 2.52. The Kier molecular flexibility index (Phi) is 6.82. The van der Waals surface area contributed by atoms with Gasteiger partial charge in [-0.3, -0.25) is 0 Å². The molecule has 238 valence electrons. The van der Waals surface area contributed by atoms with E-state index in [1.165, 1.54) is 88.7 Å². The lowest BCUT2D eigenvalue weighted by atomic mass is 9.76. The molecule has 10 rings (SSSR count). The molecular formula is C49H42. The molecule has 0 spiro atoms. The van der Waals surface area contributed by atoms with Crippen molar-refractivity contribution in [2.24, 2.45) is 5.92 Å². The molecule has 0 N–H and O–H groups in total. The van der Waals surface area contributed by atoms with Crippen LogP contribution >= 0.6 is 0 Å². The average molecular weight is 631 g/mol. The largest absolute Gasteiger partial charge is 0.0767 e. The van der Waals surface area contributed by atoms with Crippen LogP contribution in [0.1, 0.15) is 79.8 Å². The zero-order chi connectivity index (χ0) is 33.4. The van der Waals surface area contributed by atoms with Crippen LogP contribution in [0.4, 0.5) is 0 Å². The summed E-state index contributed by atoms with van der Waals surface area (Å²) in [5.74, 6) is 1.30. The second-order valence-corrected chi connectivity index (χ2v) is 14.5. The summed E-state index contributed by atoms with van der Waals surface area (Å²) in [6, 6.07) is 41.9. The summed E-state index contributed by atoms with van der Waals surface area (Å²) in [4.78, 5) is 0. The maximum atomic E-state index is 2.46. The van der Waals surface area contributed by atoms with Crippen molar-refractivity contribution in [3.05, 3.63) is 173 Å². The summed E-state index contributed by atoms with van der Waals surface area (Å²) in [5.41, 5.74) is 19.1. The van der Waals surface area contributed by atoms with Crippen LogP contribution in [0.3, 0.4) is 0 Å². The molecule has 0 bridgehead atoms. The first-order valence-electron chi connectivity index (χ1n) is 18.1. The average Bonchev–Trinajstić information content (AvgIpc) is 3.57. The minimum Gasteiger partial charge on any atom is -0.0767 e. The third-order valence-corrected chi connectivity index (χ3v) is 11.7. The van der Waals surface area contributed by atoms with E-state index in [0.29, 0.717) is 17.8 Å². The number of hydrogen-bond acceptors (Lipinski definition) is 0. The molecule has 0 aliphatic heterocycles. The number of allylic oxidation sites excluding steroid dienone is 5. The molecule has 4 aliphatic carbocycles. The van der Waals surface area contributed by atoms with Gasteiger partial charge in [0, 0.05) is 23.2 Å². The summed E-state index contributed by atoms with van der Waals surface area (Å²) in [6.07, 6.45) is 13.8. The number of hydrogen-bond donors (Lipinski definition) is 0. The molecule has 49 heavy (non-hydrogen) atoms. The highest BCUT2D eigenvalue weighted by Gasteiger charge is 2.36. The van der Waals surface area contributed by atoms with E-state index in [9.17, 15) is 0 Å². The fraction of sp³-hybridized carbons (Fsp3) is 0.184. The number of fused-ring (bicyclic) bond motifs is 11. The molecule has 0 saturated carbocycles. The van der Waals surface area contributed by atoms with Gasteiger partial charge in [-0.25, -0.2) is 0 Å². The van der Waals surface area contributed by atoms with Gasteiger partial charge in [0.2, 0.25) is 0 Å². The molecule has 0 heteroatoms. The van der Waals surface area contributed by atoms with Gasteiger partial charge >= 0.3 is 0 Å². The zero-order valence-electron chi connectivity index (χ0n) is 29.1. The molecule has 0 amide bonds. The maximum Gasteiger partial charge on any atom is 0.0159 e. The summed E-state index contributed by atoms with van der Waals surface area (Å²) >= 11 is 0. The Hall–Kier alpha value is -5.20. The van der Waals surface area contributed by atoms with E-state index < -0.39 is 0 Å². The molecule has 0 heterocycles. The van der Waals surface area contributed by atoms with Gasteiger partial charge in [-0.05, 0) is 113 Å². The van der Waals surface area contributed by atoms with Gasteiger partial charge in [0.25, 0.3) is 0 Å². The Morgan fingerprint density at radius 1 is 0.510 bits per heavy atom. The monoisotopic (exact) mass is 630 g/mol. The molecule has 6 aromatic rings. The summed E-state index contributed by atoms with van der Waals surface area (Å²) < 4.78 is 0. The molecule has 0 saturated heterocycles. The van der Waals surface area contributed by atoms with Gasteiger partial charge in [-0.1, -0.05) is 156 Å².